The van der Waals surface area contributed by atoms with Gasteiger partial charge in [-0.2, -0.15) is 0 Å². The van der Waals surface area contributed by atoms with E-state index in [2.05, 4.69) is 10.1 Å². The van der Waals surface area contributed by atoms with Crippen molar-refractivity contribution in [3.8, 4) is 0 Å². The van der Waals surface area contributed by atoms with Crippen LogP contribution in [0.15, 0.2) is 28.7 Å². The summed E-state index contributed by atoms with van der Waals surface area (Å²) in [5.74, 6) is -1.34. The Labute approximate surface area is 119 Å². The molecule has 0 fully saturated rings. The zero-order chi connectivity index (χ0) is 14.7. The van der Waals surface area contributed by atoms with Gasteiger partial charge in [-0.3, -0.25) is 4.79 Å². The van der Waals surface area contributed by atoms with Gasteiger partial charge in [0.05, 0.1) is 13.7 Å². The topological polar surface area (TPSA) is 88.8 Å². The largest absolute Gasteiger partial charge is 0.467 e. The highest BCUT2D eigenvalue weighted by Crippen LogP contribution is 2.23. The zero-order valence-electron chi connectivity index (χ0n) is 10.6. The number of halogens is 1. The Morgan fingerprint density at radius 2 is 2.20 bits per heavy atom. The second-order valence-corrected chi connectivity index (χ2v) is 4.46. The molecule has 1 amide bonds. The fourth-order valence-corrected chi connectivity index (χ4v) is 1.86. The van der Waals surface area contributed by atoms with Gasteiger partial charge in [-0.25, -0.2) is 4.79 Å². The number of methoxy groups -OCH3 is 1. The molecule has 0 saturated heterocycles. The van der Waals surface area contributed by atoms with E-state index in [1.165, 1.54) is 13.2 Å². The predicted molar refractivity (Wildman–Crippen MR) is 71.6 cm³/mol. The maximum atomic E-state index is 11.9. The number of aliphatic hydroxyl groups excluding tert-OH is 1. The van der Waals surface area contributed by atoms with Gasteiger partial charge in [-0.05, 0) is 24.3 Å². The average molecular weight is 298 g/mol. The van der Waals surface area contributed by atoms with E-state index in [1.807, 2.05) is 0 Å². The highest BCUT2D eigenvalue weighted by atomic mass is 35.5. The lowest BCUT2D eigenvalue weighted by molar-refractivity contribution is -0.143. The highest BCUT2D eigenvalue weighted by molar-refractivity contribution is 6.31. The average Bonchev–Trinajstić information content (AvgIpc) is 2.86. The van der Waals surface area contributed by atoms with Crippen LogP contribution in [0.3, 0.4) is 0 Å². The maximum absolute atomic E-state index is 11.9. The molecule has 0 unspecified atom stereocenters. The molecule has 106 valence electrons. The molecule has 2 N–H and O–H groups in total. The first-order valence-electron chi connectivity index (χ1n) is 5.74. The smallest absolute Gasteiger partial charge is 0.330 e. The maximum Gasteiger partial charge on any atom is 0.330 e. The molecule has 0 aliphatic rings. The fourth-order valence-electron chi connectivity index (χ4n) is 1.68. The number of esters is 1. The minimum Gasteiger partial charge on any atom is -0.467 e. The summed E-state index contributed by atoms with van der Waals surface area (Å²) in [6, 6.07) is 5.30. The number of carbonyl (C=O) groups is 2. The van der Waals surface area contributed by atoms with Gasteiger partial charge in [0.2, 0.25) is 0 Å². The molecule has 0 saturated carbocycles. The van der Waals surface area contributed by atoms with E-state index in [9.17, 15) is 9.59 Å². The number of furan rings is 1. The molecule has 1 atom stereocenters. The summed E-state index contributed by atoms with van der Waals surface area (Å²) in [6.45, 7) is -0.565. The number of hydrogen-bond acceptors (Lipinski definition) is 5. The lowest BCUT2D eigenvalue weighted by Gasteiger charge is -2.12. The van der Waals surface area contributed by atoms with Crippen LogP contribution in [0.1, 0.15) is 10.6 Å². The third-order valence-corrected chi connectivity index (χ3v) is 2.91. The van der Waals surface area contributed by atoms with Crippen LogP contribution < -0.4 is 5.32 Å². The number of benzene rings is 1. The molecular formula is C13H12ClNO5. The van der Waals surface area contributed by atoms with Crippen molar-refractivity contribution in [2.75, 3.05) is 13.7 Å². The molecule has 0 radical (unpaired) electrons. The van der Waals surface area contributed by atoms with E-state index in [0.717, 1.165) is 0 Å². The van der Waals surface area contributed by atoms with Crippen molar-refractivity contribution in [2.45, 2.75) is 6.04 Å². The first kappa shape index (κ1) is 14.4. The first-order valence-corrected chi connectivity index (χ1v) is 6.11. The number of nitrogens with one attached hydrogen (secondary N) is 1. The summed E-state index contributed by atoms with van der Waals surface area (Å²) in [4.78, 5) is 23.2. The van der Waals surface area contributed by atoms with Gasteiger partial charge >= 0.3 is 5.97 Å². The molecular weight excluding hydrogens is 286 g/mol. The minimum atomic E-state index is -1.13. The van der Waals surface area contributed by atoms with Crippen LogP contribution in [-0.2, 0) is 9.53 Å². The van der Waals surface area contributed by atoms with Crippen molar-refractivity contribution in [3.63, 3.8) is 0 Å². The van der Waals surface area contributed by atoms with Crippen molar-refractivity contribution in [1.82, 2.24) is 5.32 Å². The van der Waals surface area contributed by atoms with E-state index >= 15 is 0 Å². The predicted octanol–water partition coefficient (Wildman–Crippen LogP) is 1.35. The van der Waals surface area contributed by atoms with Crippen molar-refractivity contribution in [2.24, 2.45) is 0 Å². The summed E-state index contributed by atoms with van der Waals surface area (Å²) in [7, 11) is 1.17. The molecule has 2 aromatic rings. The quantitative estimate of drug-likeness (QED) is 0.832. The van der Waals surface area contributed by atoms with E-state index < -0.39 is 24.5 Å². The number of amides is 1. The third kappa shape index (κ3) is 2.92. The van der Waals surface area contributed by atoms with Gasteiger partial charge in [-0.15, -0.1) is 0 Å². The number of hydrogen-bond donors (Lipinski definition) is 2. The van der Waals surface area contributed by atoms with E-state index in [-0.39, 0.29) is 5.76 Å². The molecule has 6 nitrogen and oxygen atoms in total. The van der Waals surface area contributed by atoms with Gasteiger partial charge in [0, 0.05) is 10.4 Å². The van der Waals surface area contributed by atoms with Crippen LogP contribution in [0, 0.1) is 0 Å². The Morgan fingerprint density at radius 1 is 1.45 bits per heavy atom. The monoisotopic (exact) mass is 297 g/mol. The summed E-state index contributed by atoms with van der Waals surface area (Å²) in [5, 5.41) is 12.5. The third-order valence-electron chi connectivity index (χ3n) is 2.68. The molecule has 0 aliphatic carbocycles. The standard InChI is InChI=1S/C13H12ClNO5/c1-19-13(18)9(6-16)15-12(17)11-5-7-4-8(14)2-3-10(7)20-11/h2-5,9,16H,6H2,1H3,(H,15,17)/t9-/m0/s1. The molecule has 0 bridgehead atoms. The van der Waals surface area contributed by atoms with Crippen molar-refractivity contribution >= 4 is 34.4 Å². The first-order chi connectivity index (χ1) is 9.55. The Kier molecular flexibility index (Phi) is 4.26. The molecule has 2 rings (SSSR count). The number of fused-ring (bicyclic) bond motifs is 1. The second-order valence-electron chi connectivity index (χ2n) is 4.02. The molecule has 0 aliphatic heterocycles. The van der Waals surface area contributed by atoms with Crippen molar-refractivity contribution in [1.29, 1.82) is 0 Å². The lowest BCUT2D eigenvalue weighted by Crippen LogP contribution is -2.43. The van der Waals surface area contributed by atoms with E-state index in [1.54, 1.807) is 18.2 Å². The Balaban J connectivity index is 2.20. The van der Waals surface area contributed by atoms with E-state index in [4.69, 9.17) is 21.1 Å². The number of ether oxygens (including phenoxy) is 1. The van der Waals surface area contributed by atoms with Crippen molar-refractivity contribution < 1.29 is 23.8 Å². The summed E-state index contributed by atoms with van der Waals surface area (Å²) >= 11 is 5.84. The van der Waals surface area contributed by atoms with E-state index in [0.29, 0.717) is 16.0 Å². The van der Waals surface area contributed by atoms with Crippen LogP contribution in [0.25, 0.3) is 11.0 Å². The van der Waals surface area contributed by atoms with Crippen LogP contribution in [0.2, 0.25) is 5.02 Å². The number of carbonyl (C=O) groups excluding carboxylic acids is 2. The fraction of sp³-hybridized carbons (Fsp3) is 0.231. The zero-order valence-corrected chi connectivity index (χ0v) is 11.3. The molecule has 20 heavy (non-hydrogen) atoms. The Morgan fingerprint density at radius 3 is 2.85 bits per heavy atom. The molecule has 7 heteroatoms. The van der Waals surface area contributed by atoms with Gasteiger partial charge < -0.3 is 19.6 Å². The van der Waals surface area contributed by atoms with Gasteiger partial charge in [0.25, 0.3) is 5.91 Å². The molecule has 1 heterocycles. The number of aliphatic hydroxyl groups is 1. The normalized spacial score (nSPS) is 12.2. The van der Waals surface area contributed by atoms with Gasteiger partial charge in [-0.1, -0.05) is 11.6 Å². The Hall–Kier alpha value is -2.05. The van der Waals surface area contributed by atoms with Crippen molar-refractivity contribution in [3.05, 3.63) is 35.0 Å². The second kappa shape index (κ2) is 5.94. The Bertz CT molecular complexity index is 651. The summed E-state index contributed by atoms with van der Waals surface area (Å²) in [5.41, 5.74) is 0.498. The summed E-state index contributed by atoms with van der Waals surface area (Å²) < 4.78 is 9.79. The van der Waals surface area contributed by atoms with Crippen LogP contribution in [0.4, 0.5) is 0 Å². The summed E-state index contributed by atoms with van der Waals surface area (Å²) in [6.07, 6.45) is 0. The molecule has 1 aromatic carbocycles. The van der Waals surface area contributed by atoms with Crippen LogP contribution in [-0.4, -0.2) is 36.7 Å². The number of rotatable bonds is 4. The SMILES string of the molecule is COC(=O)[C@H](CO)NC(=O)c1cc2cc(Cl)ccc2o1. The minimum absolute atomic E-state index is 0.0182. The van der Waals surface area contributed by atoms with Gasteiger partial charge in [0.1, 0.15) is 5.58 Å². The van der Waals surface area contributed by atoms with Gasteiger partial charge in [0.15, 0.2) is 11.8 Å². The van der Waals surface area contributed by atoms with Crippen LogP contribution >= 0.6 is 11.6 Å². The van der Waals surface area contributed by atoms with Crippen LogP contribution in [0.5, 0.6) is 0 Å². The molecule has 1 aromatic heterocycles. The molecule has 0 spiro atoms. The lowest BCUT2D eigenvalue weighted by atomic mass is 10.2. The highest BCUT2D eigenvalue weighted by Gasteiger charge is 2.23.